The summed E-state index contributed by atoms with van der Waals surface area (Å²) < 4.78 is 10.9. The Bertz CT molecular complexity index is 912. The second kappa shape index (κ2) is 8.75. The highest BCUT2D eigenvalue weighted by molar-refractivity contribution is 6.07. The first kappa shape index (κ1) is 21.6. The van der Waals surface area contributed by atoms with Gasteiger partial charge >= 0.3 is 6.03 Å². The predicted octanol–water partition coefficient (Wildman–Crippen LogP) is 3.03. The Labute approximate surface area is 176 Å². The molecule has 2 aromatic carbocycles. The van der Waals surface area contributed by atoms with Crippen molar-refractivity contribution in [1.82, 2.24) is 10.2 Å². The first-order valence-corrected chi connectivity index (χ1v) is 9.94. The molecule has 2 N–H and O–H groups in total. The molecule has 2 atom stereocenters. The van der Waals surface area contributed by atoms with Crippen LogP contribution in [0, 0.1) is 0 Å². The van der Waals surface area contributed by atoms with E-state index in [1.807, 2.05) is 24.3 Å². The van der Waals surface area contributed by atoms with Crippen molar-refractivity contribution in [2.45, 2.75) is 38.3 Å². The van der Waals surface area contributed by atoms with Crippen molar-refractivity contribution in [2.24, 2.45) is 0 Å². The van der Waals surface area contributed by atoms with Crippen molar-refractivity contribution in [1.29, 1.82) is 0 Å². The molecule has 7 nitrogen and oxygen atoms in total. The van der Waals surface area contributed by atoms with Gasteiger partial charge in [0.2, 0.25) is 0 Å². The third kappa shape index (κ3) is 4.26. The van der Waals surface area contributed by atoms with Crippen LogP contribution in [0.5, 0.6) is 11.5 Å². The van der Waals surface area contributed by atoms with Crippen molar-refractivity contribution < 1.29 is 24.2 Å². The monoisotopic (exact) mass is 412 g/mol. The zero-order valence-corrected chi connectivity index (χ0v) is 17.7. The van der Waals surface area contributed by atoms with E-state index in [0.717, 1.165) is 10.5 Å². The molecular weight excluding hydrogens is 384 g/mol. The summed E-state index contributed by atoms with van der Waals surface area (Å²) in [6, 6.07) is 14.0. The highest BCUT2D eigenvalue weighted by Crippen LogP contribution is 2.30. The van der Waals surface area contributed by atoms with Crippen molar-refractivity contribution in [3.8, 4) is 11.5 Å². The number of carbonyl (C=O) groups excluding carboxylic acids is 2. The normalized spacial score (nSPS) is 19.7. The number of imide groups is 1. The van der Waals surface area contributed by atoms with Gasteiger partial charge in [0.15, 0.2) is 0 Å². The van der Waals surface area contributed by atoms with Gasteiger partial charge in [-0.25, -0.2) is 4.79 Å². The van der Waals surface area contributed by atoms with Crippen LogP contribution in [-0.4, -0.2) is 48.3 Å². The van der Waals surface area contributed by atoms with Gasteiger partial charge in [-0.1, -0.05) is 44.2 Å². The summed E-state index contributed by atoms with van der Waals surface area (Å²) in [4.78, 5) is 26.5. The molecule has 1 heterocycles. The standard InChI is InChI=1S/C23H28N2O5/c1-15(2)19-7-5-6-8-20(19)30-14-17(26)13-25-21(27)23(3,24-22(25)28)16-9-11-18(29-4)12-10-16/h5-12,15,17,26H,13-14H2,1-4H3,(H,24,28)/t17-,23-/m1/s1. The average molecular weight is 412 g/mol. The van der Waals surface area contributed by atoms with E-state index < -0.39 is 23.6 Å². The van der Waals surface area contributed by atoms with E-state index in [2.05, 4.69) is 19.2 Å². The van der Waals surface area contributed by atoms with E-state index in [1.54, 1.807) is 38.3 Å². The fraction of sp³-hybridized carbons (Fsp3) is 0.391. The van der Waals surface area contributed by atoms with Crippen LogP contribution in [0.2, 0.25) is 0 Å². The number of hydrogen-bond donors (Lipinski definition) is 2. The fourth-order valence-electron chi connectivity index (χ4n) is 3.52. The molecule has 160 valence electrons. The summed E-state index contributed by atoms with van der Waals surface area (Å²) in [5.74, 6) is 1.20. The summed E-state index contributed by atoms with van der Waals surface area (Å²) >= 11 is 0. The van der Waals surface area contributed by atoms with E-state index >= 15 is 0 Å². The molecule has 0 spiro atoms. The van der Waals surface area contributed by atoms with Gasteiger partial charge < -0.3 is 19.9 Å². The number of methoxy groups -OCH3 is 1. The van der Waals surface area contributed by atoms with Gasteiger partial charge in [-0.2, -0.15) is 0 Å². The van der Waals surface area contributed by atoms with Gasteiger partial charge in [-0.15, -0.1) is 0 Å². The number of aliphatic hydroxyl groups excluding tert-OH is 1. The molecule has 30 heavy (non-hydrogen) atoms. The number of nitrogens with zero attached hydrogens (tertiary/aromatic N) is 1. The third-order valence-corrected chi connectivity index (χ3v) is 5.31. The topological polar surface area (TPSA) is 88.1 Å². The van der Waals surface area contributed by atoms with E-state index in [-0.39, 0.29) is 19.1 Å². The number of amides is 3. The van der Waals surface area contributed by atoms with Crippen LogP contribution in [0.4, 0.5) is 4.79 Å². The number of ether oxygens (including phenoxy) is 2. The molecule has 0 unspecified atom stereocenters. The summed E-state index contributed by atoms with van der Waals surface area (Å²) in [5.41, 5.74) is 0.473. The Hall–Kier alpha value is -3.06. The number of para-hydroxylation sites is 1. The minimum absolute atomic E-state index is 0.0277. The summed E-state index contributed by atoms with van der Waals surface area (Å²) in [6.07, 6.45) is -1.02. The molecule has 3 amide bonds. The summed E-state index contributed by atoms with van der Waals surface area (Å²) in [7, 11) is 1.56. The van der Waals surface area contributed by atoms with Crippen LogP contribution in [0.15, 0.2) is 48.5 Å². The van der Waals surface area contributed by atoms with Crippen LogP contribution in [0.3, 0.4) is 0 Å². The average Bonchev–Trinajstić information content (AvgIpc) is 2.96. The number of urea groups is 1. The molecule has 0 aliphatic carbocycles. The van der Waals surface area contributed by atoms with Gasteiger partial charge in [0.25, 0.3) is 5.91 Å². The van der Waals surface area contributed by atoms with Gasteiger partial charge in [-0.05, 0) is 42.2 Å². The number of aliphatic hydroxyl groups is 1. The SMILES string of the molecule is COc1ccc([C@@]2(C)NC(=O)N(C[C@@H](O)COc3ccccc3C(C)C)C2=O)cc1. The Morgan fingerprint density at radius 3 is 2.40 bits per heavy atom. The lowest BCUT2D eigenvalue weighted by molar-refractivity contribution is -0.132. The van der Waals surface area contributed by atoms with E-state index in [0.29, 0.717) is 17.1 Å². The lowest BCUT2D eigenvalue weighted by Crippen LogP contribution is -2.42. The van der Waals surface area contributed by atoms with Crippen LogP contribution in [0.1, 0.15) is 37.8 Å². The van der Waals surface area contributed by atoms with Crippen LogP contribution in [-0.2, 0) is 10.3 Å². The largest absolute Gasteiger partial charge is 0.497 e. The van der Waals surface area contributed by atoms with Crippen molar-refractivity contribution >= 4 is 11.9 Å². The van der Waals surface area contributed by atoms with Crippen molar-refractivity contribution in [3.63, 3.8) is 0 Å². The molecule has 0 bridgehead atoms. The fourth-order valence-corrected chi connectivity index (χ4v) is 3.52. The van der Waals surface area contributed by atoms with Crippen LogP contribution < -0.4 is 14.8 Å². The first-order valence-electron chi connectivity index (χ1n) is 9.94. The lowest BCUT2D eigenvalue weighted by atomic mass is 9.92. The Morgan fingerprint density at radius 1 is 1.10 bits per heavy atom. The molecule has 1 aliphatic heterocycles. The third-order valence-electron chi connectivity index (χ3n) is 5.31. The number of β-amino-alcohol motifs (C(OH)–C–C–N with tert-alkyl or cyclic N) is 1. The van der Waals surface area contributed by atoms with E-state index in [4.69, 9.17) is 9.47 Å². The maximum Gasteiger partial charge on any atom is 0.325 e. The maximum atomic E-state index is 13.0. The number of rotatable bonds is 8. The minimum Gasteiger partial charge on any atom is -0.497 e. The molecule has 1 aliphatic rings. The first-order chi connectivity index (χ1) is 14.3. The zero-order chi connectivity index (χ0) is 21.9. The Kier molecular flexibility index (Phi) is 6.31. The van der Waals surface area contributed by atoms with Crippen LogP contribution >= 0.6 is 0 Å². The van der Waals surface area contributed by atoms with Gasteiger partial charge in [0.05, 0.1) is 13.7 Å². The predicted molar refractivity (Wildman–Crippen MR) is 113 cm³/mol. The molecule has 1 fully saturated rings. The second-order valence-electron chi connectivity index (χ2n) is 7.86. The van der Waals surface area contributed by atoms with E-state index in [1.165, 1.54) is 0 Å². The number of carbonyl (C=O) groups is 2. The van der Waals surface area contributed by atoms with Gasteiger partial charge in [-0.3, -0.25) is 9.69 Å². The minimum atomic E-state index is -1.20. The maximum absolute atomic E-state index is 13.0. The number of nitrogens with one attached hydrogen (secondary N) is 1. The number of hydrogen-bond acceptors (Lipinski definition) is 5. The molecular formula is C23H28N2O5. The molecule has 0 radical (unpaired) electrons. The molecule has 0 aromatic heterocycles. The highest BCUT2D eigenvalue weighted by Gasteiger charge is 2.49. The lowest BCUT2D eigenvalue weighted by Gasteiger charge is -2.23. The van der Waals surface area contributed by atoms with Crippen LogP contribution in [0.25, 0.3) is 0 Å². The highest BCUT2D eigenvalue weighted by atomic mass is 16.5. The smallest absolute Gasteiger partial charge is 0.325 e. The molecule has 7 heteroatoms. The molecule has 1 saturated heterocycles. The van der Waals surface area contributed by atoms with Gasteiger partial charge in [0.1, 0.15) is 29.7 Å². The summed E-state index contributed by atoms with van der Waals surface area (Å²) in [6.45, 7) is 5.59. The Morgan fingerprint density at radius 2 is 1.77 bits per heavy atom. The second-order valence-corrected chi connectivity index (χ2v) is 7.86. The van der Waals surface area contributed by atoms with Crippen molar-refractivity contribution in [3.05, 3.63) is 59.7 Å². The molecule has 0 saturated carbocycles. The van der Waals surface area contributed by atoms with Gasteiger partial charge in [0, 0.05) is 0 Å². The Balaban J connectivity index is 1.66. The zero-order valence-electron chi connectivity index (χ0n) is 17.7. The summed E-state index contributed by atoms with van der Waals surface area (Å²) in [5, 5.41) is 13.2. The van der Waals surface area contributed by atoms with E-state index in [9.17, 15) is 14.7 Å². The molecule has 3 rings (SSSR count). The van der Waals surface area contributed by atoms with Crippen molar-refractivity contribution in [2.75, 3.05) is 20.3 Å². The quantitative estimate of drug-likeness (QED) is 0.651. The number of benzene rings is 2. The molecule has 2 aromatic rings.